The normalized spacial score (nSPS) is 10.8. The number of thiazole rings is 2. The van der Waals surface area contributed by atoms with Crippen molar-refractivity contribution < 1.29 is 0 Å². The zero-order valence-electron chi connectivity index (χ0n) is 9.02. The van der Waals surface area contributed by atoms with E-state index in [1.165, 1.54) is 3.87 Å². The highest BCUT2D eigenvalue weighted by Crippen LogP contribution is 2.29. The SMILES string of the molecule is C#Cc1c2n[c]([Al])sc2cc2n[c]([Al][CH3])sc12. The van der Waals surface area contributed by atoms with Gasteiger partial charge in [-0.25, -0.2) is 0 Å². The monoisotopic (exact) mass is 283 g/mol. The van der Waals surface area contributed by atoms with Crippen LogP contribution in [0.25, 0.3) is 20.4 Å². The van der Waals surface area contributed by atoms with Gasteiger partial charge in [-0.05, 0) is 9.94 Å². The molecule has 3 radical (unpaired) electrons. The Balaban J connectivity index is 2.50. The van der Waals surface area contributed by atoms with E-state index in [2.05, 4.69) is 44.0 Å². The molecule has 6 heteroatoms. The quantitative estimate of drug-likeness (QED) is 0.493. The molecule has 3 aromatic rings. The maximum absolute atomic E-state index is 5.64. The maximum atomic E-state index is 5.64. The summed E-state index contributed by atoms with van der Waals surface area (Å²) in [5.74, 6) is 4.97. The van der Waals surface area contributed by atoms with E-state index in [-0.39, 0.29) is 15.2 Å². The number of hydrogen-bond acceptors (Lipinski definition) is 4. The summed E-state index contributed by atoms with van der Waals surface area (Å²) in [6.45, 7) is 0. The summed E-state index contributed by atoms with van der Waals surface area (Å²) >= 11 is 6.23. The van der Waals surface area contributed by atoms with Gasteiger partial charge in [0.25, 0.3) is 15.2 Å². The van der Waals surface area contributed by atoms with Crippen molar-refractivity contribution in [2.75, 3.05) is 0 Å². The average molecular weight is 283 g/mol. The number of rotatable bonds is 1. The van der Waals surface area contributed by atoms with Crippen LogP contribution in [0, 0.1) is 12.3 Å². The van der Waals surface area contributed by atoms with Crippen LogP contribution in [0.4, 0.5) is 0 Å². The van der Waals surface area contributed by atoms with Crippen LogP contribution >= 0.6 is 22.7 Å². The molecule has 1 aromatic carbocycles. The number of fused-ring (bicyclic) bond motifs is 2. The largest absolute Gasteiger partial charge is 0.297 e. The molecular formula is C11H5Al2N2S2. The third-order valence-electron chi connectivity index (χ3n) is 2.46. The van der Waals surface area contributed by atoms with E-state index in [1.54, 1.807) is 22.7 Å². The first-order chi connectivity index (χ1) is 8.22. The second kappa shape index (κ2) is 4.38. The van der Waals surface area contributed by atoms with E-state index >= 15 is 0 Å². The predicted molar refractivity (Wildman–Crippen MR) is 77.4 cm³/mol. The Morgan fingerprint density at radius 3 is 2.94 bits per heavy atom. The number of aromatic nitrogens is 2. The van der Waals surface area contributed by atoms with Crippen molar-refractivity contribution in [3.05, 3.63) is 11.6 Å². The summed E-state index contributed by atoms with van der Waals surface area (Å²) < 4.78 is 4.41. The highest BCUT2D eigenvalue weighted by atomic mass is 32.1. The third kappa shape index (κ3) is 1.85. The first-order valence-corrected chi connectivity index (χ1v) is 8.92. The fourth-order valence-corrected chi connectivity index (χ4v) is 4.94. The maximum Gasteiger partial charge on any atom is 0.297 e. The van der Waals surface area contributed by atoms with Crippen molar-refractivity contribution in [2.45, 2.75) is 5.79 Å². The van der Waals surface area contributed by atoms with E-state index in [0.717, 1.165) is 29.9 Å². The Hall–Kier alpha value is -0.375. The Bertz CT molecular complexity index is 767. The van der Waals surface area contributed by atoms with Gasteiger partial charge in [0.15, 0.2) is 0 Å². The van der Waals surface area contributed by atoms with Crippen molar-refractivity contribution in [2.24, 2.45) is 0 Å². The van der Waals surface area contributed by atoms with Crippen LogP contribution in [-0.4, -0.2) is 41.5 Å². The molecule has 77 valence electrons. The van der Waals surface area contributed by atoms with Gasteiger partial charge in [0.05, 0.1) is 26.0 Å². The van der Waals surface area contributed by atoms with E-state index < -0.39 is 0 Å². The minimum absolute atomic E-state index is 0.244. The van der Waals surface area contributed by atoms with Gasteiger partial charge in [-0.15, -0.1) is 34.9 Å². The highest BCUT2D eigenvalue weighted by Gasteiger charge is 2.13. The Kier molecular flexibility index (Phi) is 3.01. The molecular weight excluding hydrogens is 278 g/mol. The molecule has 0 aliphatic heterocycles. The van der Waals surface area contributed by atoms with Crippen molar-refractivity contribution in [3.8, 4) is 12.3 Å². The van der Waals surface area contributed by atoms with Crippen molar-refractivity contribution in [1.82, 2.24) is 9.97 Å². The molecule has 2 nitrogen and oxygen atoms in total. The van der Waals surface area contributed by atoms with Crippen LogP contribution in [0.5, 0.6) is 0 Å². The highest BCUT2D eigenvalue weighted by molar-refractivity contribution is 7.27. The second-order valence-corrected chi connectivity index (χ2v) is 8.08. The molecule has 2 heterocycles. The van der Waals surface area contributed by atoms with E-state index in [0.29, 0.717) is 0 Å². The predicted octanol–water partition coefficient (Wildman–Crippen LogP) is 1.06. The molecule has 0 aliphatic rings. The van der Waals surface area contributed by atoms with Gasteiger partial charge in [-0.2, -0.15) is 0 Å². The Morgan fingerprint density at radius 2 is 2.24 bits per heavy atom. The van der Waals surface area contributed by atoms with Gasteiger partial charge in [-0.1, -0.05) is 5.92 Å². The van der Waals surface area contributed by atoms with Gasteiger partial charge >= 0.3 is 0 Å². The minimum atomic E-state index is 0.244. The standard InChI is InChI=1S/C10H2N2S2.CH3.2Al/c1-2-6-9-8(13-5-12-9)3-7-10(6)14-4-11-7;;;/h1,3H;1H3;;. The lowest BCUT2D eigenvalue weighted by atomic mass is 10.2. The average Bonchev–Trinajstić information content (AvgIpc) is 2.87. The summed E-state index contributed by atoms with van der Waals surface area (Å²) in [6, 6.07) is 2.10. The summed E-state index contributed by atoms with van der Waals surface area (Å²) in [4.78, 5) is 9.13. The van der Waals surface area contributed by atoms with E-state index in [9.17, 15) is 0 Å². The van der Waals surface area contributed by atoms with E-state index in [1.807, 2.05) is 0 Å². The summed E-state index contributed by atoms with van der Waals surface area (Å²) in [5.41, 5.74) is 2.86. The lowest BCUT2D eigenvalue weighted by molar-refractivity contribution is 1.53. The number of terminal acetylenes is 1. The molecule has 0 bridgehead atoms. The van der Waals surface area contributed by atoms with E-state index in [4.69, 9.17) is 6.42 Å². The van der Waals surface area contributed by atoms with Crippen molar-refractivity contribution in [3.63, 3.8) is 0 Å². The molecule has 0 saturated heterocycles. The molecule has 0 saturated carbocycles. The van der Waals surface area contributed by atoms with Crippen molar-refractivity contribution in [1.29, 1.82) is 0 Å². The Labute approximate surface area is 121 Å². The van der Waals surface area contributed by atoms with Crippen LogP contribution in [0.3, 0.4) is 0 Å². The van der Waals surface area contributed by atoms with Crippen LogP contribution in [-0.2, 0) is 0 Å². The van der Waals surface area contributed by atoms with Crippen LogP contribution < -0.4 is 7.74 Å². The fraction of sp³-hybridized carbons (Fsp3) is 0.0909. The minimum Gasteiger partial charge on any atom is -0.262 e. The van der Waals surface area contributed by atoms with Gasteiger partial charge < -0.3 is 0 Å². The molecule has 3 rings (SSSR count). The molecule has 0 atom stereocenters. The molecule has 17 heavy (non-hydrogen) atoms. The number of nitrogens with zero attached hydrogens (tertiary/aromatic N) is 2. The third-order valence-corrected chi connectivity index (χ3v) is 6.38. The molecule has 0 unspecified atom stereocenters. The van der Waals surface area contributed by atoms with Gasteiger partial charge in [-0.3, -0.25) is 9.97 Å². The summed E-state index contributed by atoms with van der Waals surface area (Å²) in [5, 5.41) is 0. The molecule has 0 aliphatic carbocycles. The zero-order chi connectivity index (χ0) is 12.0. The number of benzene rings is 1. The number of hydrogen-bond donors (Lipinski definition) is 0. The first kappa shape index (κ1) is 11.7. The Morgan fingerprint density at radius 1 is 1.41 bits per heavy atom. The summed E-state index contributed by atoms with van der Waals surface area (Å²) in [6.07, 6.45) is 5.64. The smallest absolute Gasteiger partial charge is 0.262 e. The summed E-state index contributed by atoms with van der Waals surface area (Å²) in [7, 11) is 0. The second-order valence-electron chi connectivity index (χ2n) is 3.48. The molecule has 2 aromatic heterocycles. The first-order valence-electron chi connectivity index (χ1n) is 4.98. The molecule has 0 amide bonds. The molecule has 0 fully saturated rings. The molecule has 0 spiro atoms. The molecule has 0 N–H and O–H groups in total. The van der Waals surface area contributed by atoms with Crippen LogP contribution in [0.2, 0.25) is 5.79 Å². The lowest BCUT2D eigenvalue weighted by Crippen LogP contribution is -2.07. The van der Waals surface area contributed by atoms with Gasteiger partial charge in [0, 0.05) is 3.87 Å². The fourth-order valence-electron chi connectivity index (χ4n) is 1.74. The van der Waals surface area contributed by atoms with Crippen LogP contribution in [0.15, 0.2) is 6.07 Å². The topological polar surface area (TPSA) is 25.8 Å². The van der Waals surface area contributed by atoms with Gasteiger partial charge in [0.2, 0.25) is 16.3 Å². The van der Waals surface area contributed by atoms with Crippen LogP contribution in [0.1, 0.15) is 5.56 Å². The lowest BCUT2D eigenvalue weighted by Gasteiger charge is -1.94. The van der Waals surface area contributed by atoms with Crippen molar-refractivity contribution >= 4 is 82.4 Å². The van der Waals surface area contributed by atoms with Gasteiger partial charge in [0.1, 0.15) is 0 Å². The zero-order valence-corrected chi connectivity index (χ0v) is 13.0.